The highest BCUT2D eigenvalue weighted by Gasteiger charge is 2.37. The van der Waals surface area contributed by atoms with Gasteiger partial charge in [-0.3, -0.25) is 19.3 Å². The number of benzene rings is 1. The number of hydrogen-bond donors (Lipinski definition) is 2. The molecule has 2 N–H and O–H groups in total. The van der Waals surface area contributed by atoms with Crippen LogP contribution in [0.4, 0.5) is 5.69 Å². The second-order valence-electron chi connectivity index (χ2n) is 13.2. The van der Waals surface area contributed by atoms with Crippen LogP contribution < -0.4 is 10.2 Å². The number of fused-ring (bicyclic) bond motifs is 2. The fraction of sp³-hybridized carbons (Fsp3) is 0.594. The molecule has 39 heavy (non-hydrogen) atoms. The summed E-state index contributed by atoms with van der Waals surface area (Å²) in [4.78, 5) is 48.2. The molecule has 2 fully saturated rings. The molecule has 0 radical (unpaired) electrons. The lowest BCUT2D eigenvalue weighted by Gasteiger charge is -2.28. The van der Waals surface area contributed by atoms with Crippen molar-refractivity contribution in [1.82, 2.24) is 15.2 Å². The first-order valence-electron chi connectivity index (χ1n) is 14.9. The molecule has 208 valence electrons. The standard InChI is InChI=1S/C32H42N4O3/c1-20-28-25(17-32(2,3)18-27(28)37)33-29(20)30(38)34-24(11-9-21-6-7-21)31(39)36-15-12-23-10-8-22(16-26(23)36)19-35-13-4-5-14-35/h8,10,16,21,24,33H,4-7,9,11-15,17-19H2,1-3H3,(H,34,38). The quantitative estimate of drug-likeness (QED) is 0.506. The Kier molecular flexibility index (Phi) is 6.90. The summed E-state index contributed by atoms with van der Waals surface area (Å²) in [6, 6.07) is 5.99. The summed E-state index contributed by atoms with van der Waals surface area (Å²) in [5.41, 5.74) is 5.96. The first-order chi connectivity index (χ1) is 18.7. The number of rotatable bonds is 8. The van der Waals surface area contributed by atoms with Crippen molar-refractivity contribution < 1.29 is 14.4 Å². The van der Waals surface area contributed by atoms with Gasteiger partial charge in [-0.05, 0) is 92.6 Å². The molecule has 2 aliphatic heterocycles. The number of Topliss-reactive ketones (excluding diaryl/α,β-unsaturated/α-hetero) is 1. The van der Waals surface area contributed by atoms with Crippen LogP contribution in [0.5, 0.6) is 0 Å². The van der Waals surface area contributed by atoms with Crippen molar-refractivity contribution in [2.75, 3.05) is 24.5 Å². The van der Waals surface area contributed by atoms with Crippen LogP contribution in [-0.2, 0) is 24.2 Å². The Hall–Kier alpha value is -2.93. The number of aromatic nitrogens is 1. The molecule has 7 heteroatoms. The minimum Gasteiger partial charge on any atom is -0.354 e. The molecule has 3 heterocycles. The molecule has 2 aliphatic carbocycles. The summed E-state index contributed by atoms with van der Waals surface area (Å²) in [5, 5.41) is 3.10. The molecule has 1 saturated carbocycles. The van der Waals surface area contributed by atoms with E-state index in [-0.39, 0.29) is 23.0 Å². The summed E-state index contributed by atoms with van der Waals surface area (Å²) in [6.07, 6.45) is 8.57. The van der Waals surface area contributed by atoms with Gasteiger partial charge in [0, 0.05) is 36.5 Å². The molecular weight excluding hydrogens is 488 g/mol. The Morgan fingerprint density at radius 1 is 1.13 bits per heavy atom. The van der Waals surface area contributed by atoms with Crippen LogP contribution in [0.15, 0.2) is 18.2 Å². The van der Waals surface area contributed by atoms with Gasteiger partial charge in [-0.25, -0.2) is 0 Å². The zero-order valence-electron chi connectivity index (χ0n) is 23.7. The van der Waals surface area contributed by atoms with E-state index in [4.69, 9.17) is 0 Å². The number of likely N-dealkylation sites (tertiary alicyclic amines) is 1. The molecular formula is C32H42N4O3. The van der Waals surface area contributed by atoms with Gasteiger partial charge in [0.15, 0.2) is 5.78 Å². The lowest BCUT2D eigenvalue weighted by molar-refractivity contribution is -0.120. The molecule has 7 nitrogen and oxygen atoms in total. The fourth-order valence-corrected chi connectivity index (χ4v) is 6.90. The van der Waals surface area contributed by atoms with Gasteiger partial charge in [0.2, 0.25) is 5.91 Å². The normalized spacial score (nSPS) is 21.1. The number of carbonyl (C=O) groups is 3. The van der Waals surface area contributed by atoms with E-state index >= 15 is 0 Å². The Morgan fingerprint density at radius 2 is 1.90 bits per heavy atom. The second-order valence-corrected chi connectivity index (χ2v) is 13.2. The van der Waals surface area contributed by atoms with Crippen LogP contribution in [-0.4, -0.2) is 53.2 Å². The van der Waals surface area contributed by atoms with Crippen LogP contribution in [0.2, 0.25) is 0 Å². The molecule has 0 bridgehead atoms. The van der Waals surface area contributed by atoms with Crippen molar-refractivity contribution >= 4 is 23.3 Å². The summed E-state index contributed by atoms with van der Waals surface area (Å²) in [5.74, 6) is 0.444. The minimum absolute atomic E-state index is 0.0211. The van der Waals surface area contributed by atoms with Gasteiger partial charge in [0.25, 0.3) is 5.91 Å². The van der Waals surface area contributed by atoms with E-state index < -0.39 is 6.04 Å². The fourth-order valence-electron chi connectivity index (χ4n) is 6.90. The second kappa shape index (κ2) is 10.2. The van der Waals surface area contributed by atoms with Gasteiger partial charge in [0.05, 0.1) is 0 Å². The number of anilines is 1. The average molecular weight is 531 g/mol. The van der Waals surface area contributed by atoms with E-state index in [9.17, 15) is 14.4 Å². The van der Waals surface area contributed by atoms with Gasteiger partial charge < -0.3 is 15.2 Å². The molecule has 1 aromatic heterocycles. The maximum Gasteiger partial charge on any atom is 0.268 e. The smallest absolute Gasteiger partial charge is 0.268 e. The molecule has 1 aromatic carbocycles. The Morgan fingerprint density at radius 3 is 2.64 bits per heavy atom. The van der Waals surface area contributed by atoms with E-state index in [1.807, 2.05) is 11.8 Å². The number of hydrogen-bond acceptors (Lipinski definition) is 4. The van der Waals surface area contributed by atoms with E-state index in [0.29, 0.717) is 42.1 Å². The molecule has 1 unspecified atom stereocenters. The van der Waals surface area contributed by atoms with E-state index in [0.717, 1.165) is 50.3 Å². The highest BCUT2D eigenvalue weighted by molar-refractivity contribution is 6.06. The first-order valence-corrected chi connectivity index (χ1v) is 14.9. The molecule has 2 amide bonds. The number of nitrogens with zero attached hydrogens (tertiary/aromatic N) is 2. The third kappa shape index (κ3) is 5.43. The number of nitrogens with one attached hydrogen (secondary N) is 2. The highest BCUT2D eigenvalue weighted by atomic mass is 16.2. The van der Waals surface area contributed by atoms with Crippen LogP contribution >= 0.6 is 0 Å². The number of amides is 2. The Bertz CT molecular complexity index is 1300. The van der Waals surface area contributed by atoms with Crippen molar-refractivity contribution in [1.29, 1.82) is 0 Å². The van der Waals surface area contributed by atoms with E-state index in [2.05, 4.69) is 47.2 Å². The summed E-state index contributed by atoms with van der Waals surface area (Å²) < 4.78 is 0. The summed E-state index contributed by atoms with van der Waals surface area (Å²) in [6.45, 7) is 9.86. The van der Waals surface area contributed by atoms with Gasteiger partial charge in [0.1, 0.15) is 11.7 Å². The van der Waals surface area contributed by atoms with Crippen LogP contribution in [0, 0.1) is 18.3 Å². The topological polar surface area (TPSA) is 85.5 Å². The average Bonchev–Trinajstić information content (AvgIpc) is 3.24. The van der Waals surface area contributed by atoms with Crippen molar-refractivity contribution in [2.24, 2.45) is 11.3 Å². The molecule has 4 aliphatic rings. The highest BCUT2D eigenvalue weighted by Crippen LogP contribution is 2.38. The Labute approximate surface area is 231 Å². The number of H-pyrrole nitrogens is 1. The number of carbonyl (C=O) groups excluding carboxylic acids is 3. The minimum atomic E-state index is -0.585. The lowest BCUT2D eigenvalue weighted by Crippen LogP contribution is -2.48. The number of ketones is 1. The summed E-state index contributed by atoms with van der Waals surface area (Å²) in [7, 11) is 0. The van der Waals surface area contributed by atoms with Crippen LogP contribution in [0.1, 0.15) is 102 Å². The van der Waals surface area contributed by atoms with Crippen LogP contribution in [0.25, 0.3) is 0 Å². The zero-order valence-corrected chi connectivity index (χ0v) is 23.7. The molecule has 6 rings (SSSR count). The van der Waals surface area contributed by atoms with Crippen molar-refractivity contribution in [3.63, 3.8) is 0 Å². The van der Waals surface area contributed by atoms with Crippen LogP contribution in [0.3, 0.4) is 0 Å². The van der Waals surface area contributed by atoms with Gasteiger partial charge in [-0.15, -0.1) is 0 Å². The predicted octanol–water partition coefficient (Wildman–Crippen LogP) is 4.95. The van der Waals surface area contributed by atoms with Crippen molar-refractivity contribution in [2.45, 2.75) is 91.1 Å². The zero-order chi connectivity index (χ0) is 27.3. The first kappa shape index (κ1) is 26.3. The van der Waals surface area contributed by atoms with Crippen molar-refractivity contribution in [3.05, 3.63) is 51.8 Å². The third-order valence-corrected chi connectivity index (χ3v) is 9.21. The van der Waals surface area contributed by atoms with Gasteiger partial charge in [-0.2, -0.15) is 0 Å². The SMILES string of the molecule is Cc1c(C(=O)NC(CCC2CC2)C(=O)N2CCc3ccc(CN4CCCC4)cc32)[nH]c2c1C(=O)CC(C)(C)C2. The molecule has 1 saturated heterocycles. The maximum atomic E-state index is 14.0. The molecule has 2 aromatic rings. The van der Waals surface area contributed by atoms with Gasteiger partial charge >= 0.3 is 0 Å². The van der Waals surface area contributed by atoms with Crippen molar-refractivity contribution in [3.8, 4) is 0 Å². The Balaban J connectivity index is 1.22. The maximum absolute atomic E-state index is 14.0. The lowest BCUT2D eigenvalue weighted by atomic mass is 9.75. The van der Waals surface area contributed by atoms with E-state index in [1.54, 1.807) is 0 Å². The van der Waals surface area contributed by atoms with E-state index in [1.165, 1.54) is 36.8 Å². The third-order valence-electron chi connectivity index (χ3n) is 9.21. The summed E-state index contributed by atoms with van der Waals surface area (Å²) >= 11 is 0. The molecule has 1 atom stereocenters. The van der Waals surface area contributed by atoms with Gasteiger partial charge in [-0.1, -0.05) is 38.8 Å². The number of aromatic amines is 1. The largest absolute Gasteiger partial charge is 0.354 e. The predicted molar refractivity (Wildman–Crippen MR) is 152 cm³/mol. The monoisotopic (exact) mass is 530 g/mol. The molecule has 0 spiro atoms.